The Kier molecular flexibility index (Phi) is 3.80. The standard InChI is InChI=1S/C13H18N4O2/c1-4-13(5-2,18-3)12-16-11(19-17-12)9-6-7-15-10(14)8-9/h6-8H,4-5H2,1-3H3,(H2,14,15). The van der Waals surface area contributed by atoms with Gasteiger partial charge in [-0.1, -0.05) is 19.0 Å². The van der Waals surface area contributed by atoms with E-state index in [1.165, 1.54) is 0 Å². The van der Waals surface area contributed by atoms with Crippen LogP contribution >= 0.6 is 0 Å². The zero-order valence-corrected chi connectivity index (χ0v) is 11.4. The number of methoxy groups -OCH3 is 1. The third-order valence-electron chi connectivity index (χ3n) is 3.39. The molecule has 2 N–H and O–H groups in total. The predicted molar refractivity (Wildman–Crippen MR) is 71.2 cm³/mol. The van der Waals surface area contributed by atoms with E-state index in [1.54, 1.807) is 25.4 Å². The van der Waals surface area contributed by atoms with Crippen molar-refractivity contribution >= 4 is 5.82 Å². The van der Waals surface area contributed by atoms with Crippen LogP contribution < -0.4 is 5.73 Å². The minimum absolute atomic E-state index is 0.418. The van der Waals surface area contributed by atoms with Crippen molar-refractivity contribution in [3.05, 3.63) is 24.2 Å². The molecule has 2 rings (SSSR count). The van der Waals surface area contributed by atoms with E-state index in [2.05, 4.69) is 15.1 Å². The fourth-order valence-corrected chi connectivity index (χ4v) is 2.05. The lowest BCUT2D eigenvalue weighted by Crippen LogP contribution is -2.28. The van der Waals surface area contributed by atoms with E-state index in [0.29, 0.717) is 17.5 Å². The molecule has 0 atom stereocenters. The maximum Gasteiger partial charge on any atom is 0.258 e. The maximum absolute atomic E-state index is 5.64. The highest BCUT2D eigenvalue weighted by Crippen LogP contribution is 2.31. The molecule has 2 aromatic heterocycles. The van der Waals surface area contributed by atoms with E-state index < -0.39 is 5.60 Å². The van der Waals surface area contributed by atoms with Gasteiger partial charge in [0.25, 0.3) is 5.89 Å². The highest BCUT2D eigenvalue weighted by molar-refractivity contribution is 5.56. The van der Waals surface area contributed by atoms with Gasteiger partial charge >= 0.3 is 0 Å². The zero-order valence-electron chi connectivity index (χ0n) is 11.4. The second kappa shape index (κ2) is 5.36. The fraction of sp³-hybridized carbons (Fsp3) is 0.462. The van der Waals surface area contributed by atoms with E-state index in [0.717, 1.165) is 18.4 Å². The molecule has 0 unspecified atom stereocenters. The van der Waals surface area contributed by atoms with E-state index in [-0.39, 0.29) is 0 Å². The SMILES string of the molecule is CCC(CC)(OC)c1noc(-c2ccnc(N)c2)n1. The zero-order chi connectivity index (χ0) is 13.9. The molecule has 2 heterocycles. The first-order valence-corrected chi connectivity index (χ1v) is 6.26. The molecule has 6 nitrogen and oxygen atoms in total. The van der Waals surface area contributed by atoms with Gasteiger partial charge in [-0.15, -0.1) is 0 Å². The summed E-state index contributed by atoms with van der Waals surface area (Å²) in [6.45, 7) is 4.07. The number of hydrogen-bond acceptors (Lipinski definition) is 6. The van der Waals surface area contributed by atoms with Gasteiger partial charge in [-0.3, -0.25) is 0 Å². The molecule has 0 fully saturated rings. The maximum atomic E-state index is 5.64. The summed E-state index contributed by atoms with van der Waals surface area (Å²) in [5.74, 6) is 1.40. The van der Waals surface area contributed by atoms with Crippen molar-refractivity contribution in [3.8, 4) is 11.5 Å². The second-order valence-electron chi connectivity index (χ2n) is 4.30. The predicted octanol–water partition coefficient (Wildman–Crippen LogP) is 2.38. The lowest BCUT2D eigenvalue weighted by Gasteiger charge is -2.25. The highest BCUT2D eigenvalue weighted by Gasteiger charge is 2.33. The van der Waals surface area contributed by atoms with Gasteiger partial charge in [0.05, 0.1) is 0 Å². The Bertz CT molecular complexity index is 541. The first-order valence-electron chi connectivity index (χ1n) is 6.26. The average molecular weight is 262 g/mol. The molecule has 0 spiro atoms. The Morgan fingerprint density at radius 2 is 2.11 bits per heavy atom. The molecule has 0 saturated carbocycles. The largest absolute Gasteiger partial charge is 0.384 e. The normalized spacial score (nSPS) is 11.7. The lowest BCUT2D eigenvalue weighted by atomic mass is 9.96. The van der Waals surface area contributed by atoms with Crippen LogP contribution in [0.2, 0.25) is 0 Å². The minimum Gasteiger partial charge on any atom is -0.384 e. The molecule has 6 heteroatoms. The molecule has 102 valence electrons. The third-order valence-corrected chi connectivity index (χ3v) is 3.39. The average Bonchev–Trinajstić information content (AvgIpc) is 2.92. The van der Waals surface area contributed by atoms with Crippen LogP contribution in [-0.2, 0) is 10.3 Å². The van der Waals surface area contributed by atoms with Crippen LogP contribution in [0.3, 0.4) is 0 Å². The Morgan fingerprint density at radius 3 is 2.68 bits per heavy atom. The number of nitrogen functional groups attached to an aromatic ring is 1. The summed E-state index contributed by atoms with van der Waals surface area (Å²) >= 11 is 0. The number of nitrogens with two attached hydrogens (primary N) is 1. The van der Waals surface area contributed by atoms with Crippen molar-refractivity contribution in [1.82, 2.24) is 15.1 Å². The summed E-state index contributed by atoms with van der Waals surface area (Å²) in [5.41, 5.74) is 5.89. The molecular weight excluding hydrogens is 244 g/mol. The number of aromatic nitrogens is 3. The van der Waals surface area contributed by atoms with Crippen LogP contribution in [0.5, 0.6) is 0 Å². The van der Waals surface area contributed by atoms with Crippen LogP contribution in [0, 0.1) is 0 Å². The van der Waals surface area contributed by atoms with Crippen LogP contribution in [-0.4, -0.2) is 22.2 Å². The van der Waals surface area contributed by atoms with E-state index >= 15 is 0 Å². The number of anilines is 1. The number of rotatable bonds is 5. The van der Waals surface area contributed by atoms with Crippen molar-refractivity contribution in [2.75, 3.05) is 12.8 Å². The lowest BCUT2D eigenvalue weighted by molar-refractivity contribution is -0.0306. The van der Waals surface area contributed by atoms with Crippen molar-refractivity contribution in [2.45, 2.75) is 32.3 Å². The van der Waals surface area contributed by atoms with Crippen LogP contribution in [0.1, 0.15) is 32.5 Å². The molecule has 0 aliphatic rings. The smallest absolute Gasteiger partial charge is 0.258 e. The molecule has 0 aromatic carbocycles. The molecular formula is C13H18N4O2. The monoisotopic (exact) mass is 262 g/mol. The first-order chi connectivity index (χ1) is 9.15. The Balaban J connectivity index is 2.38. The Hall–Kier alpha value is -1.95. The summed E-state index contributed by atoms with van der Waals surface area (Å²) in [6.07, 6.45) is 3.16. The van der Waals surface area contributed by atoms with Gasteiger partial charge < -0.3 is 15.0 Å². The number of nitrogens with zero attached hydrogens (tertiary/aromatic N) is 3. The summed E-state index contributed by atoms with van der Waals surface area (Å²) < 4.78 is 10.9. The molecule has 0 saturated heterocycles. The number of pyridine rings is 1. The van der Waals surface area contributed by atoms with Gasteiger partial charge in [-0.2, -0.15) is 4.98 Å². The molecule has 0 amide bonds. The van der Waals surface area contributed by atoms with E-state index in [9.17, 15) is 0 Å². The number of ether oxygens (including phenoxy) is 1. The molecule has 2 aromatic rings. The van der Waals surface area contributed by atoms with Crippen molar-refractivity contribution in [3.63, 3.8) is 0 Å². The van der Waals surface area contributed by atoms with Crippen molar-refractivity contribution in [2.24, 2.45) is 0 Å². The quantitative estimate of drug-likeness (QED) is 0.890. The molecule has 0 aliphatic carbocycles. The van der Waals surface area contributed by atoms with Crippen molar-refractivity contribution < 1.29 is 9.26 Å². The third kappa shape index (κ3) is 2.44. The summed E-state index contributed by atoms with van der Waals surface area (Å²) in [6, 6.07) is 3.48. The van der Waals surface area contributed by atoms with Gasteiger partial charge in [0, 0.05) is 18.9 Å². The van der Waals surface area contributed by atoms with Gasteiger partial charge in [0.1, 0.15) is 11.4 Å². The molecule has 19 heavy (non-hydrogen) atoms. The topological polar surface area (TPSA) is 87.1 Å². The second-order valence-corrected chi connectivity index (χ2v) is 4.30. The van der Waals surface area contributed by atoms with Gasteiger partial charge in [0.2, 0.25) is 5.82 Å². The Morgan fingerprint density at radius 1 is 1.37 bits per heavy atom. The first kappa shape index (κ1) is 13.5. The van der Waals surface area contributed by atoms with Crippen molar-refractivity contribution in [1.29, 1.82) is 0 Å². The number of hydrogen-bond donors (Lipinski definition) is 1. The van der Waals surface area contributed by atoms with Gasteiger partial charge in [-0.05, 0) is 25.0 Å². The molecule has 0 bridgehead atoms. The molecule has 0 aliphatic heterocycles. The van der Waals surface area contributed by atoms with Gasteiger partial charge in [0.15, 0.2) is 0 Å². The van der Waals surface area contributed by atoms with Gasteiger partial charge in [-0.25, -0.2) is 4.98 Å². The van der Waals surface area contributed by atoms with E-state index in [4.69, 9.17) is 15.0 Å². The Labute approximate surface area is 112 Å². The molecule has 0 radical (unpaired) electrons. The highest BCUT2D eigenvalue weighted by atomic mass is 16.5. The van der Waals surface area contributed by atoms with Crippen LogP contribution in [0.4, 0.5) is 5.82 Å². The summed E-state index contributed by atoms with van der Waals surface area (Å²) in [5, 5.41) is 4.03. The van der Waals surface area contributed by atoms with Crippen LogP contribution in [0.15, 0.2) is 22.9 Å². The van der Waals surface area contributed by atoms with E-state index in [1.807, 2.05) is 13.8 Å². The summed E-state index contributed by atoms with van der Waals surface area (Å²) in [7, 11) is 1.66. The minimum atomic E-state index is -0.500. The summed E-state index contributed by atoms with van der Waals surface area (Å²) in [4.78, 5) is 8.35. The van der Waals surface area contributed by atoms with Crippen LogP contribution in [0.25, 0.3) is 11.5 Å². The fourth-order valence-electron chi connectivity index (χ4n) is 2.05.